The molecule has 24 heavy (non-hydrogen) atoms. The number of hydrogen-bond acceptors (Lipinski definition) is 3. The molecule has 2 N–H and O–H groups in total. The number of rotatable bonds is 5. The molecule has 1 unspecified atom stereocenters. The van der Waals surface area contributed by atoms with Crippen LogP contribution in [-0.4, -0.2) is 19.1 Å². The van der Waals surface area contributed by atoms with Crippen molar-refractivity contribution in [3.05, 3.63) is 53.6 Å². The predicted molar refractivity (Wildman–Crippen MR) is 97.8 cm³/mol. The second-order valence-corrected chi connectivity index (χ2v) is 6.23. The number of ether oxygens (including phenoxy) is 1. The summed E-state index contributed by atoms with van der Waals surface area (Å²) in [7, 11) is 1.63. The molecule has 4 heteroatoms. The van der Waals surface area contributed by atoms with Gasteiger partial charge in [-0.05, 0) is 74.1 Å². The molecule has 1 aliphatic rings. The van der Waals surface area contributed by atoms with Crippen molar-refractivity contribution in [2.75, 3.05) is 17.7 Å². The quantitative estimate of drug-likeness (QED) is 0.873. The molecule has 0 saturated carbocycles. The van der Waals surface area contributed by atoms with E-state index in [2.05, 4.69) is 28.8 Å². The van der Waals surface area contributed by atoms with E-state index in [9.17, 15) is 4.79 Å². The lowest BCUT2D eigenvalue weighted by molar-refractivity contribution is -0.116. The Morgan fingerprint density at radius 1 is 1.08 bits per heavy atom. The van der Waals surface area contributed by atoms with E-state index in [1.54, 1.807) is 7.11 Å². The Balaban J connectivity index is 1.66. The first-order valence-electron chi connectivity index (χ1n) is 8.49. The summed E-state index contributed by atoms with van der Waals surface area (Å²) >= 11 is 0. The van der Waals surface area contributed by atoms with Gasteiger partial charge >= 0.3 is 0 Å². The SMILES string of the molecule is COc1ccc(NC(=O)C(C)Nc2cccc3c2CCCC3)cc1. The molecule has 2 aromatic carbocycles. The van der Waals surface area contributed by atoms with Crippen LogP contribution < -0.4 is 15.4 Å². The van der Waals surface area contributed by atoms with Crippen LogP contribution in [0.15, 0.2) is 42.5 Å². The van der Waals surface area contributed by atoms with Crippen LogP contribution in [0.1, 0.15) is 30.9 Å². The minimum Gasteiger partial charge on any atom is -0.497 e. The molecular formula is C20H24N2O2. The fourth-order valence-electron chi connectivity index (χ4n) is 3.14. The number of benzene rings is 2. The average molecular weight is 324 g/mol. The third-order valence-electron chi connectivity index (χ3n) is 4.52. The van der Waals surface area contributed by atoms with Crippen molar-refractivity contribution < 1.29 is 9.53 Å². The first-order chi connectivity index (χ1) is 11.7. The molecule has 0 heterocycles. The van der Waals surface area contributed by atoms with Gasteiger partial charge in [-0.1, -0.05) is 12.1 Å². The maximum Gasteiger partial charge on any atom is 0.246 e. The van der Waals surface area contributed by atoms with Gasteiger partial charge in [0.25, 0.3) is 0 Å². The Morgan fingerprint density at radius 3 is 2.58 bits per heavy atom. The minimum absolute atomic E-state index is 0.0476. The summed E-state index contributed by atoms with van der Waals surface area (Å²) in [5.41, 5.74) is 4.64. The number of methoxy groups -OCH3 is 1. The van der Waals surface area contributed by atoms with Crippen LogP contribution in [0.4, 0.5) is 11.4 Å². The standard InChI is InChI=1S/C20H24N2O2/c1-14(20(23)22-16-10-12-17(24-2)13-11-16)21-19-9-5-7-15-6-3-4-8-18(15)19/h5,7,9-14,21H,3-4,6,8H2,1-2H3,(H,22,23). The molecule has 2 aromatic rings. The molecule has 1 aliphatic carbocycles. The highest BCUT2D eigenvalue weighted by Crippen LogP contribution is 2.28. The van der Waals surface area contributed by atoms with Crippen molar-refractivity contribution in [3.63, 3.8) is 0 Å². The number of carbonyl (C=O) groups is 1. The number of fused-ring (bicyclic) bond motifs is 1. The Morgan fingerprint density at radius 2 is 1.83 bits per heavy atom. The molecule has 126 valence electrons. The van der Waals surface area contributed by atoms with E-state index >= 15 is 0 Å². The smallest absolute Gasteiger partial charge is 0.246 e. The van der Waals surface area contributed by atoms with Crippen molar-refractivity contribution in [2.45, 2.75) is 38.6 Å². The molecule has 3 rings (SSSR count). The summed E-state index contributed by atoms with van der Waals surface area (Å²) in [6.45, 7) is 1.89. The van der Waals surface area contributed by atoms with Gasteiger partial charge in [0.2, 0.25) is 5.91 Å². The number of hydrogen-bond donors (Lipinski definition) is 2. The fourth-order valence-corrected chi connectivity index (χ4v) is 3.14. The van der Waals surface area contributed by atoms with E-state index in [4.69, 9.17) is 4.74 Å². The molecular weight excluding hydrogens is 300 g/mol. The number of nitrogens with one attached hydrogen (secondary N) is 2. The molecule has 0 saturated heterocycles. The van der Waals surface area contributed by atoms with Gasteiger partial charge in [-0.2, -0.15) is 0 Å². The number of anilines is 2. The van der Waals surface area contributed by atoms with Crippen LogP contribution in [0, 0.1) is 0 Å². The molecule has 1 amide bonds. The molecule has 0 spiro atoms. The lowest BCUT2D eigenvalue weighted by Gasteiger charge is -2.22. The Bertz CT molecular complexity index is 710. The first kappa shape index (κ1) is 16.4. The predicted octanol–water partition coefficient (Wildman–Crippen LogP) is 4.01. The highest BCUT2D eigenvalue weighted by atomic mass is 16.5. The van der Waals surface area contributed by atoms with Gasteiger partial charge in [0.1, 0.15) is 11.8 Å². The second-order valence-electron chi connectivity index (χ2n) is 6.23. The zero-order chi connectivity index (χ0) is 16.9. The van der Waals surface area contributed by atoms with Gasteiger partial charge in [-0.3, -0.25) is 4.79 Å². The van der Waals surface area contributed by atoms with Gasteiger partial charge in [-0.15, -0.1) is 0 Å². The Labute approximate surface area is 143 Å². The van der Waals surface area contributed by atoms with Gasteiger partial charge in [0.15, 0.2) is 0 Å². The van der Waals surface area contributed by atoms with E-state index < -0.39 is 0 Å². The largest absolute Gasteiger partial charge is 0.497 e. The van der Waals surface area contributed by atoms with Crippen LogP contribution in [-0.2, 0) is 17.6 Å². The summed E-state index contributed by atoms with van der Waals surface area (Å²) in [6, 6.07) is 13.4. The van der Waals surface area contributed by atoms with Crippen LogP contribution >= 0.6 is 0 Å². The summed E-state index contributed by atoms with van der Waals surface area (Å²) in [5.74, 6) is 0.726. The maximum absolute atomic E-state index is 12.4. The average Bonchev–Trinajstić information content (AvgIpc) is 2.62. The number of amides is 1. The van der Waals surface area contributed by atoms with Crippen molar-refractivity contribution in [3.8, 4) is 5.75 Å². The topological polar surface area (TPSA) is 50.4 Å². The van der Waals surface area contributed by atoms with Crippen LogP contribution in [0.5, 0.6) is 5.75 Å². The molecule has 0 fully saturated rings. The zero-order valence-electron chi connectivity index (χ0n) is 14.3. The van der Waals surface area contributed by atoms with E-state index in [0.29, 0.717) is 0 Å². The molecule has 0 bridgehead atoms. The third-order valence-corrected chi connectivity index (χ3v) is 4.52. The molecule has 0 aromatic heterocycles. The summed E-state index contributed by atoms with van der Waals surface area (Å²) in [6.07, 6.45) is 4.70. The van der Waals surface area contributed by atoms with Crippen LogP contribution in [0.3, 0.4) is 0 Å². The lowest BCUT2D eigenvalue weighted by atomic mass is 9.90. The normalized spacial score (nSPS) is 14.4. The molecule has 1 atom stereocenters. The first-order valence-corrected chi connectivity index (χ1v) is 8.49. The van der Waals surface area contributed by atoms with Crippen LogP contribution in [0.25, 0.3) is 0 Å². The van der Waals surface area contributed by atoms with E-state index in [0.717, 1.165) is 30.0 Å². The molecule has 0 radical (unpaired) electrons. The highest BCUT2D eigenvalue weighted by molar-refractivity contribution is 5.96. The van der Waals surface area contributed by atoms with E-state index in [1.165, 1.54) is 24.0 Å². The second kappa shape index (κ2) is 7.39. The Hall–Kier alpha value is -2.49. The fraction of sp³-hybridized carbons (Fsp3) is 0.350. The molecule has 4 nitrogen and oxygen atoms in total. The summed E-state index contributed by atoms with van der Waals surface area (Å²) in [5, 5.41) is 6.31. The summed E-state index contributed by atoms with van der Waals surface area (Å²) in [4.78, 5) is 12.4. The van der Waals surface area contributed by atoms with Crippen LogP contribution in [0.2, 0.25) is 0 Å². The molecule has 0 aliphatic heterocycles. The van der Waals surface area contributed by atoms with Crippen molar-refractivity contribution in [2.24, 2.45) is 0 Å². The minimum atomic E-state index is -0.305. The number of aryl methyl sites for hydroxylation is 1. The van der Waals surface area contributed by atoms with E-state index in [1.807, 2.05) is 31.2 Å². The van der Waals surface area contributed by atoms with E-state index in [-0.39, 0.29) is 11.9 Å². The van der Waals surface area contributed by atoms with Gasteiger partial charge in [-0.25, -0.2) is 0 Å². The van der Waals surface area contributed by atoms with Gasteiger partial charge in [0.05, 0.1) is 7.11 Å². The Kier molecular flexibility index (Phi) is 5.04. The maximum atomic E-state index is 12.4. The summed E-state index contributed by atoms with van der Waals surface area (Å²) < 4.78 is 5.13. The number of carbonyl (C=O) groups excluding carboxylic acids is 1. The lowest BCUT2D eigenvalue weighted by Crippen LogP contribution is -2.32. The monoisotopic (exact) mass is 324 g/mol. The van der Waals surface area contributed by atoms with Crippen molar-refractivity contribution in [1.29, 1.82) is 0 Å². The highest BCUT2D eigenvalue weighted by Gasteiger charge is 2.17. The van der Waals surface area contributed by atoms with Crippen molar-refractivity contribution in [1.82, 2.24) is 0 Å². The van der Waals surface area contributed by atoms with Gasteiger partial charge < -0.3 is 15.4 Å². The van der Waals surface area contributed by atoms with Crippen molar-refractivity contribution >= 4 is 17.3 Å². The zero-order valence-corrected chi connectivity index (χ0v) is 14.3. The third kappa shape index (κ3) is 3.70. The van der Waals surface area contributed by atoms with Gasteiger partial charge in [0, 0.05) is 11.4 Å².